The van der Waals surface area contributed by atoms with E-state index in [2.05, 4.69) is 28.2 Å². The first kappa shape index (κ1) is 15.4. The van der Waals surface area contributed by atoms with Crippen LogP contribution < -0.4 is 5.32 Å². The van der Waals surface area contributed by atoms with Gasteiger partial charge in [-0.2, -0.15) is 0 Å². The molecule has 0 heterocycles. The molecule has 0 aliphatic carbocycles. The van der Waals surface area contributed by atoms with Crippen molar-refractivity contribution in [3.63, 3.8) is 0 Å². The zero-order valence-corrected chi connectivity index (χ0v) is 12.5. The van der Waals surface area contributed by atoms with E-state index in [4.69, 9.17) is 11.6 Å². The zero-order valence-electron chi connectivity index (χ0n) is 10.2. The molecule has 1 amide bonds. The minimum Gasteiger partial charge on any atom is -0.356 e. The topological polar surface area (TPSA) is 29.1 Å². The van der Waals surface area contributed by atoms with Crippen molar-refractivity contribution in [1.82, 2.24) is 5.32 Å². The first-order valence-electron chi connectivity index (χ1n) is 5.88. The molecule has 0 aliphatic heterocycles. The molecule has 0 saturated heterocycles. The molecule has 0 spiro atoms. The number of benzene rings is 1. The number of hydrogen-bond acceptors (Lipinski definition) is 1. The Balaban J connectivity index is 2.45. The molecule has 100 valence electrons. The third kappa shape index (κ3) is 4.94. The lowest BCUT2D eigenvalue weighted by Gasteiger charge is -2.09. The smallest absolute Gasteiger partial charge is 0.224 e. The maximum absolute atomic E-state index is 13.4. The second-order valence-electron chi connectivity index (χ2n) is 4.02. The van der Waals surface area contributed by atoms with E-state index < -0.39 is 5.82 Å². The summed E-state index contributed by atoms with van der Waals surface area (Å²) in [4.78, 5) is 12.0. The van der Waals surface area contributed by atoms with E-state index in [9.17, 15) is 9.18 Å². The maximum Gasteiger partial charge on any atom is 0.224 e. The lowest BCUT2D eigenvalue weighted by Crippen LogP contribution is -2.27. The predicted octanol–water partition coefficient (Wildman–Crippen LogP) is 3.70. The fourth-order valence-corrected chi connectivity index (χ4v) is 1.96. The fraction of sp³-hybridized carbons (Fsp3) is 0.462. The first-order valence-corrected chi connectivity index (χ1v) is 7.17. The largest absolute Gasteiger partial charge is 0.356 e. The summed E-state index contributed by atoms with van der Waals surface area (Å²) in [6.45, 7) is 2.65. The van der Waals surface area contributed by atoms with Crippen molar-refractivity contribution in [2.75, 3.05) is 6.54 Å². The van der Waals surface area contributed by atoms with Crippen molar-refractivity contribution in [1.29, 1.82) is 0 Å². The van der Waals surface area contributed by atoms with Crippen molar-refractivity contribution in [3.05, 3.63) is 34.6 Å². The molecule has 18 heavy (non-hydrogen) atoms. The minimum atomic E-state index is -0.440. The molecule has 1 rings (SSSR count). The standard InChI is InChI=1S/C13H16BrClFNO/c1-2-9(14)6-7-17-13(18)8-10-11(15)4-3-5-12(10)16/h3-5,9H,2,6-8H2,1H3,(H,17,18). The van der Waals surface area contributed by atoms with E-state index in [-0.39, 0.29) is 22.9 Å². The van der Waals surface area contributed by atoms with Crippen molar-refractivity contribution >= 4 is 33.4 Å². The van der Waals surface area contributed by atoms with Crippen LogP contribution in [0.4, 0.5) is 4.39 Å². The fourth-order valence-electron chi connectivity index (χ4n) is 1.50. The second kappa shape index (κ2) is 7.74. The zero-order chi connectivity index (χ0) is 13.5. The number of halogens is 3. The van der Waals surface area contributed by atoms with Gasteiger partial charge >= 0.3 is 0 Å². The summed E-state index contributed by atoms with van der Waals surface area (Å²) in [6, 6.07) is 4.41. The summed E-state index contributed by atoms with van der Waals surface area (Å²) < 4.78 is 13.4. The molecule has 0 saturated carbocycles. The van der Waals surface area contributed by atoms with Gasteiger partial charge in [0.1, 0.15) is 5.82 Å². The Morgan fingerprint density at radius 3 is 2.89 bits per heavy atom. The normalized spacial score (nSPS) is 12.2. The number of alkyl halides is 1. The van der Waals surface area contributed by atoms with Crippen LogP contribution in [0.15, 0.2) is 18.2 Å². The van der Waals surface area contributed by atoms with Crippen LogP contribution in [0.2, 0.25) is 5.02 Å². The second-order valence-corrected chi connectivity index (χ2v) is 5.72. The average molecular weight is 337 g/mol. The highest BCUT2D eigenvalue weighted by molar-refractivity contribution is 9.09. The number of nitrogens with one attached hydrogen (secondary N) is 1. The van der Waals surface area contributed by atoms with Crippen LogP contribution in [0.3, 0.4) is 0 Å². The Hall–Kier alpha value is -0.610. The third-order valence-corrected chi connectivity index (χ3v) is 4.08. The summed E-state index contributed by atoms with van der Waals surface area (Å²) in [6.07, 6.45) is 1.84. The number of amides is 1. The lowest BCUT2D eigenvalue weighted by molar-refractivity contribution is -0.120. The van der Waals surface area contributed by atoms with Gasteiger partial charge in [0.15, 0.2) is 0 Å². The molecule has 0 aliphatic rings. The van der Waals surface area contributed by atoms with Crippen LogP contribution in [0.1, 0.15) is 25.3 Å². The van der Waals surface area contributed by atoms with Gasteiger partial charge in [0.25, 0.3) is 0 Å². The molecule has 2 nitrogen and oxygen atoms in total. The summed E-state index contributed by atoms with van der Waals surface area (Å²) >= 11 is 9.34. The van der Waals surface area contributed by atoms with Crippen LogP contribution in [0.25, 0.3) is 0 Å². The molecule has 0 fully saturated rings. The third-order valence-electron chi connectivity index (χ3n) is 2.62. The molecule has 0 radical (unpaired) electrons. The molecular weight excluding hydrogens is 321 g/mol. The Labute approximate surface area is 120 Å². The Bertz CT molecular complexity index is 394. The Morgan fingerprint density at radius 1 is 1.56 bits per heavy atom. The number of hydrogen-bond donors (Lipinski definition) is 1. The monoisotopic (exact) mass is 335 g/mol. The van der Waals surface area contributed by atoms with Crippen LogP contribution in [-0.4, -0.2) is 17.3 Å². The number of carbonyl (C=O) groups is 1. The van der Waals surface area contributed by atoms with Gasteiger partial charge in [-0.1, -0.05) is 40.5 Å². The highest BCUT2D eigenvalue weighted by atomic mass is 79.9. The van der Waals surface area contributed by atoms with Gasteiger partial charge in [0.05, 0.1) is 6.42 Å². The molecule has 5 heteroatoms. The van der Waals surface area contributed by atoms with E-state index >= 15 is 0 Å². The maximum atomic E-state index is 13.4. The van der Waals surface area contributed by atoms with Crippen LogP contribution in [0, 0.1) is 5.82 Å². The van der Waals surface area contributed by atoms with Gasteiger partial charge in [-0.05, 0) is 25.0 Å². The van der Waals surface area contributed by atoms with Crippen molar-refractivity contribution < 1.29 is 9.18 Å². The molecule has 1 aromatic carbocycles. The van der Waals surface area contributed by atoms with E-state index in [1.165, 1.54) is 12.1 Å². The van der Waals surface area contributed by atoms with Gasteiger partial charge in [-0.25, -0.2) is 4.39 Å². The Morgan fingerprint density at radius 2 is 2.28 bits per heavy atom. The summed E-state index contributed by atoms with van der Waals surface area (Å²) in [5, 5.41) is 3.05. The van der Waals surface area contributed by atoms with Crippen LogP contribution in [0.5, 0.6) is 0 Å². The first-order chi connectivity index (χ1) is 8.54. The summed E-state index contributed by atoms with van der Waals surface area (Å²) in [5.74, 6) is -0.651. The lowest BCUT2D eigenvalue weighted by atomic mass is 10.1. The summed E-state index contributed by atoms with van der Waals surface area (Å²) in [7, 11) is 0. The van der Waals surface area contributed by atoms with E-state index in [0.29, 0.717) is 11.4 Å². The molecular formula is C13H16BrClFNO. The van der Waals surface area contributed by atoms with Gasteiger partial charge in [0.2, 0.25) is 5.91 Å². The molecule has 1 unspecified atom stereocenters. The molecule has 1 atom stereocenters. The van der Waals surface area contributed by atoms with Gasteiger partial charge in [0, 0.05) is 22.0 Å². The molecule has 0 aromatic heterocycles. The average Bonchev–Trinajstić information content (AvgIpc) is 2.34. The van der Waals surface area contributed by atoms with Gasteiger partial charge in [-0.3, -0.25) is 4.79 Å². The van der Waals surface area contributed by atoms with E-state index in [1.54, 1.807) is 6.07 Å². The van der Waals surface area contributed by atoms with Crippen molar-refractivity contribution in [2.45, 2.75) is 31.0 Å². The number of carbonyl (C=O) groups excluding carboxylic acids is 1. The SMILES string of the molecule is CCC(Br)CCNC(=O)Cc1c(F)cccc1Cl. The van der Waals surface area contributed by atoms with E-state index in [0.717, 1.165) is 12.8 Å². The van der Waals surface area contributed by atoms with Crippen LogP contribution in [-0.2, 0) is 11.2 Å². The molecule has 1 aromatic rings. The number of rotatable bonds is 6. The van der Waals surface area contributed by atoms with Gasteiger partial charge in [-0.15, -0.1) is 0 Å². The Kier molecular flexibility index (Phi) is 6.65. The highest BCUT2D eigenvalue weighted by Crippen LogP contribution is 2.19. The minimum absolute atomic E-state index is 0.0232. The van der Waals surface area contributed by atoms with Crippen molar-refractivity contribution in [3.8, 4) is 0 Å². The quantitative estimate of drug-likeness (QED) is 0.789. The van der Waals surface area contributed by atoms with Gasteiger partial charge < -0.3 is 5.32 Å². The van der Waals surface area contributed by atoms with Crippen LogP contribution >= 0.6 is 27.5 Å². The predicted molar refractivity (Wildman–Crippen MR) is 75.7 cm³/mol. The summed E-state index contributed by atoms with van der Waals surface area (Å²) in [5.41, 5.74) is 0.252. The van der Waals surface area contributed by atoms with E-state index in [1.807, 2.05) is 0 Å². The molecule has 1 N–H and O–H groups in total. The molecule has 0 bridgehead atoms. The highest BCUT2D eigenvalue weighted by Gasteiger charge is 2.11. The van der Waals surface area contributed by atoms with Crippen molar-refractivity contribution in [2.24, 2.45) is 0 Å².